The predicted molar refractivity (Wildman–Crippen MR) is 157 cm³/mol. The number of amides is 2. The summed E-state index contributed by atoms with van der Waals surface area (Å²) in [5.41, 5.74) is 2.28. The molecule has 2 amide bonds. The van der Waals surface area contributed by atoms with Crippen molar-refractivity contribution >= 4 is 80.6 Å². The maximum absolute atomic E-state index is 13.4. The van der Waals surface area contributed by atoms with Crippen molar-refractivity contribution in [2.45, 2.75) is 11.6 Å². The van der Waals surface area contributed by atoms with Gasteiger partial charge in [-0.05, 0) is 60.2 Å². The van der Waals surface area contributed by atoms with E-state index >= 15 is 0 Å². The summed E-state index contributed by atoms with van der Waals surface area (Å²) in [4.78, 5) is 45.2. The number of hydrogen-bond acceptors (Lipinski definition) is 7. The number of halogens is 2. The van der Waals surface area contributed by atoms with Crippen LogP contribution in [0.3, 0.4) is 0 Å². The molecule has 1 aliphatic heterocycles. The molecule has 0 bridgehead atoms. The van der Waals surface area contributed by atoms with E-state index in [1.54, 1.807) is 42.5 Å². The molecule has 2 heterocycles. The monoisotopic (exact) mass is 594 g/mol. The summed E-state index contributed by atoms with van der Waals surface area (Å²) in [7, 11) is 0. The minimum atomic E-state index is -0.408. The fraction of sp³-hybridized carbons (Fsp3) is 0.107. The van der Waals surface area contributed by atoms with E-state index in [1.165, 1.54) is 45.9 Å². The van der Waals surface area contributed by atoms with Crippen molar-refractivity contribution in [1.29, 1.82) is 0 Å². The molecule has 5 rings (SSSR count). The van der Waals surface area contributed by atoms with Crippen LogP contribution in [0.4, 0.5) is 14.5 Å². The topological polar surface area (TPSA) is 84.3 Å². The van der Waals surface area contributed by atoms with Gasteiger partial charge in [-0.15, -0.1) is 0 Å². The molecule has 1 N–H and O–H groups in total. The molecule has 0 spiro atoms. The van der Waals surface area contributed by atoms with E-state index in [9.17, 15) is 23.2 Å². The van der Waals surface area contributed by atoms with Gasteiger partial charge in [0.15, 0.2) is 5.16 Å². The van der Waals surface area contributed by atoms with Gasteiger partial charge in [0, 0.05) is 18.7 Å². The third-order valence-electron chi connectivity index (χ3n) is 5.83. The molecule has 4 aromatic rings. The lowest BCUT2D eigenvalue weighted by Crippen LogP contribution is -2.31. The zero-order valence-electron chi connectivity index (χ0n) is 20.7. The number of nitrogens with one attached hydrogen (secondary N) is 1. The Bertz CT molecular complexity index is 1650. The van der Waals surface area contributed by atoms with Gasteiger partial charge in [0.05, 0.1) is 21.7 Å². The standard InChI is InChI=1S/C28H20F2N4O3S3/c29-18-7-5-17(6-8-18)15-23-26(37)33(28(38)40-23)14-13-25(36)34-22-4-2-1-3-21(22)32-27(34)39-16-24(35)31-20-11-9-19(30)10-12-20/h1-12,15H,13-14,16H2,(H,31,35). The molecule has 1 saturated heterocycles. The molecule has 1 fully saturated rings. The second-order valence-corrected chi connectivity index (χ2v) is 11.2. The summed E-state index contributed by atoms with van der Waals surface area (Å²) in [6.07, 6.45) is 1.60. The van der Waals surface area contributed by atoms with Gasteiger partial charge in [0.2, 0.25) is 11.8 Å². The first-order valence-corrected chi connectivity index (χ1v) is 14.2. The maximum Gasteiger partial charge on any atom is 0.266 e. The zero-order valence-corrected chi connectivity index (χ0v) is 23.1. The number of anilines is 1. The number of thioether (sulfide) groups is 2. The van der Waals surface area contributed by atoms with Gasteiger partial charge in [-0.25, -0.2) is 13.8 Å². The Morgan fingerprint density at radius 1 is 1.00 bits per heavy atom. The summed E-state index contributed by atoms with van der Waals surface area (Å²) < 4.78 is 28.1. The molecule has 0 atom stereocenters. The number of benzene rings is 3. The zero-order chi connectivity index (χ0) is 28.2. The van der Waals surface area contributed by atoms with E-state index < -0.39 is 5.82 Å². The highest BCUT2D eigenvalue weighted by Crippen LogP contribution is 2.33. The van der Waals surface area contributed by atoms with Crippen LogP contribution in [0.5, 0.6) is 0 Å². The van der Waals surface area contributed by atoms with Crippen LogP contribution in [0.1, 0.15) is 16.8 Å². The van der Waals surface area contributed by atoms with Crippen molar-refractivity contribution in [2.75, 3.05) is 17.6 Å². The van der Waals surface area contributed by atoms with E-state index in [1.807, 2.05) is 0 Å². The molecule has 1 aliphatic rings. The SMILES string of the molecule is O=C(CSc1nc2ccccc2n1C(=O)CCN1C(=O)C(=Cc2ccc(F)cc2)SC1=S)Nc1ccc(F)cc1. The van der Waals surface area contributed by atoms with Gasteiger partial charge < -0.3 is 5.32 Å². The average Bonchev–Trinajstić information content (AvgIpc) is 3.44. The van der Waals surface area contributed by atoms with Crippen molar-refractivity contribution in [3.05, 3.63) is 94.9 Å². The number of imidazole rings is 1. The lowest BCUT2D eigenvalue weighted by molar-refractivity contribution is -0.122. The molecule has 0 radical (unpaired) electrons. The Labute approximate surface area is 241 Å². The number of hydrogen-bond donors (Lipinski definition) is 1. The van der Waals surface area contributed by atoms with Crippen molar-refractivity contribution in [3.63, 3.8) is 0 Å². The predicted octanol–water partition coefficient (Wildman–Crippen LogP) is 5.98. The van der Waals surface area contributed by atoms with Gasteiger partial charge >= 0.3 is 0 Å². The molecule has 0 saturated carbocycles. The van der Waals surface area contributed by atoms with Crippen LogP contribution in [0.25, 0.3) is 17.1 Å². The van der Waals surface area contributed by atoms with E-state index in [2.05, 4.69) is 10.3 Å². The first-order chi connectivity index (χ1) is 19.3. The first-order valence-electron chi connectivity index (χ1n) is 12.0. The van der Waals surface area contributed by atoms with Gasteiger partial charge in [0.1, 0.15) is 16.0 Å². The van der Waals surface area contributed by atoms with Gasteiger partial charge in [0.25, 0.3) is 5.91 Å². The molecule has 12 heteroatoms. The number of para-hydroxylation sites is 2. The smallest absolute Gasteiger partial charge is 0.266 e. The number of carbonyl (C=O) groups excluding carboxylic acids is 3. The molecule has 202 valence electrons. The van der Waals surface area contributed by atoms with Crippen LogP contribution in [0.15, 0.2) is 82.9 Å². The number of thiocarbonyl (C=S) groups is 1. The maximum atomic E-state index is 13.4. The van der Waals surface area contributed by atoms with Crippen LogP contribution in [-0.2, 0) is 9.59 Å². The van der Waals surface area contributed by atoms with Crippen LogP contribution < -0.4 is 5.32 Å². The minimum absolute atomic E-state index is 0.0309. The summed E-state index contributed by atoms with van der Waals surface area (Å²) in [5, 5.41) is 3.02. The van der Waals surface area contributed by atoms with Crippen LogP contribution in [0, 0.1) is 11.6 Å². The molecule has 40 heavy (non-hydrogen) atoms. The van der Waals surface area contributed by atoms with Crippen molar-refractivity contribution in [1.82, 2.24) is 14.5 Å². The fourth-order valence-corrected chi connectivity index (χ4v) is 6.06. The Hall–Kier alpha value is -3.87. The van der Waals surface area contributed by atoms with Gasteiger partial charge in [-0.2, -0.15) is 0 Å². The van der Waals surface area contributed by atoms with E-state index in [4.69, 9.17) is 12.2 Å². The highest BCUT2D eigenvalue weighted by molar-refractivity contribution is 8.26. The summed E-state index contributed by atoms with van der Waals surface area (Å²) in [5.74, 6) is -1.79. The molecule has 3 aromatic carbocycles. The van der Waals surface area contributed by atoms with Gasteiger partial charge in [-0.1, -0.05) is 60.0 Å². The molecule has 0 aliphatic carbocycles. The van der Waals surface area contributed by atoms with Crippen LogP contribution in [0.2, 0.25) is 0 Å². The van der Waals surface area contributed by atoms with Crippen molar-refractivity contribution < 1.29 is 23.2 Å². The highest BCUT2D eigenvalue weighted by Gasteiger charge is 2.32. The Balaban J connectivity index is 1.27. The number of aromatic nitrogens is 2. The number of nitrogens with zero attached hydrogens (tertiary/aromatic N) is 3. The Morgan fingerprint density at radius 2 is 1.68 bits per heavy atom. The first kappa shape index (κ1) is 27.7. The lowest BCUT2D eigenvalue weighted by Gasteiger charge is -2.14. The average molecular weight is 595 g/mol. The van der Waals surface area contributed by atoms with Crippen molar-refractivity contribution in [2.24, 2.45) is 0 Å². The second-order valence-electron chi connectivity index (χ2n) is 8.59. The number of carbonyl (C=O) groups is 3. The summed E-state index contributed by atoms with van der Waals surface area (Å²) in [6.45, 7) is 0.0614. The lowest BCUT2D eigenvalue weighted by atomic mass is 10.2. The largest absolute Gasteiger partial charge is 0.325 e. The number of fused-ring (bicyclic) bond motifs is 1. The van der Waals surface area contributed by atoms with Crippen LogP contribution in [-0.4, -0.2) is 48.8 Å². The normalized spacial score (nSPS) is 14.3. The summed E-state index contributed by atoms with van der Waals surface area (Å²) in [6, 6.07) is 18.3. The summed E-state index contributed by atoms with van der Waals surface area (Å²) >= 11 is 7.60. The van der Waals surface area contributed by atoms with E-state index in [-0.39, 0.29) is 42.3 Å². The Kier molecular flexibility index (Phi) is 8.38. The molecule has 1 aromatic heterocycles. The highest BCUT2D eigenvalue weighted by atomic mass is 32.2. The van der Waals surface area contributed by atoms with Crippen LogP contribution >= 0.6 is 35.7 Å². The van der Waals surface area contributed by atoms with E-state index in [0.717, 1.165) is 23.5 Å². The third-order valence-corrected chi connectivity index (χ3v) is 8.15. The molecule has 7 nitrogen and oxygen atoms in total. The molecular formula is C28H20F2N4O3S3. The number of rotatable bonds is 8. The third kappa shape index (κ3) is 6.30. The fourth-order valence-electron chi connectivity index (χ4n) is 3.92. The Morgan fingerprint density at radius 3 is 2.40 bits per heavy atom. The quantitative estimate of drug-likeness (QED) is 0.153. The second kappa shape index (κ2) is 12.1. The molecule has 0 unspecified atom stereocenters. The van der Waals surface area contributed by atoms with Gasteiger partial charge in [-0.3, -0.25) is 23.9 Å². The minimum Gasteiger partial charge on any atom is -0.325 e. The molecular weight excluding hydrogens is 575 g/mol. The van der Waals surface area contributed by atoms with Crippen molar-refractivity contribution in [3.8, 4) is 0 Å². The van der Waals surface area contributed by atoms with E-state index in [0.29, 0.717) is 36.7 Å².